The minimum atomic E-state index is -0.606. The largest absolute Gasteiger partial charge is 0.493 e. The minimum Gasteiger partial charge on any atom is -0.493 e. The molecule has 1 aromatic carbocycles. The molecule has 1 aliphatic heterocycles. The lowest BCUT2D eigenvalue weighted by Crippen LogP contribution is -2.47. The number of nitrogens with zero attached hydrogens (tertiary/aromatic N) is 2. The second-order valence-electron chi connectivity index (χ2n) is 7.24. The molecule has 1 aliphatic rings. The highest BCUT2D eigenvalue weighted by Crippen LogP contribution is 2.45. The molecule has 2 heterocycles. The molecule has 0 saturated heterocycles. The lowest BCUT2D eigenvalue weighted by Gasteiger charge is -2.40. The summed E-state index contributed by atoms with van der Waals surface area (Å²) in [5.41, 5.74) is 1.86. The second kappa shape index (κ2) is 8.51. The van der Waals surface area contributed by atoms with E-state index < -0.39 is 12.0 Å². The number of pyridine rings is 1. The Kier molecular flexibility index (Phi) is 6.06. The van der Waals surface area contributed by atoms with Gasteiger partial charge in [-0.1, -0.05) is 13.0 Å². The van der Waals surface area contributed by atoms with Gasteiger partial charge in [-0.3, -0.25) is 14.6 Å². The zero-order valence-corrected chi connectivity index (χ0v) is 17.4. The zero-order valence-electron chi connectivity index (χ0n) is 17.4. The SMILES string of the molecule is CCC(C)NC(=O)C1c2cc(OC)c(OC)cc2C(=O)N(C)C1c1cccnc1. The summed E-state index contributed by atoms with van der Waals surface area (Å²) in [6.45, 7) is 3.98. The number of benzene rings is 1. The summed E-state index contributed by atoms with van der Waals surface area (Å²) in [6.07, 6.45) is 4.18. The maximum absolute atomic E-state index is 13.4. The molecular formula is C22H27N3O4. The van der Waals surface area contributed by atoms with Crippen LogP contribution < -0.4 is 14.8 Å². The lowest BCUT2D eigenvalue weighted by molar-refractivity contribution is -0.124. The number of hydrogen-bond donors (Lipinski definition) is 1. The number of carbonyl (C=O) groups excluding carboxylic acids is 2. The number of fused-ring (bicyclic) bond motifs is 1. The van der Waals surface area contributed by atoms with Gasteiger partial charge in [-0.05, 0) is 42.7 Å². The van der Waals surface area contributed by atoms with E-state index in [0.717, 1.165) is 12.0 Å². The van der Waals surface area contributed by atoms with E-state index in [0.29, 0.717) is 22.6 Å². The van der Waals surface area contributed by atoms with Crippen LogP contribution in [0, 0.1) is 0 Å². The van der Waals surface area contributed by atoms with Crippen molar-refractivity contribution in [3.05, 3.63) is 53.3 Å². The number of ether oxygens (including phenoxy) is 2. The van der Waals surface area contributed by atoms with E-state index in [9.17, 15) is 9.59 Å². The number of carbonyl (C=O) groups is 2. The Bertz CT molecular complexity index is 900. The van der Waals surface area contributed by atoms with Crippen LogP contribution in [0.15, 0.2) is 36.7 Å². The highest BCUT2D eigenvalue weighted by Gasteiger charge is 2.43. The monoisotopic (exact) mass is 397 g/mol. The summed E-state index contributed by atoms with van der Waals surface area (Å²) >= 11 is 0. The molecule has 154 valence electrons. The molecule has 0 bridgehead atoms. The number of hydrogen-bond acceptors (Lipinski definition) is 5. The molecule has 0 spiro atoms. The Hall–Kier alpha value is -3.09. The van der Waals surface area contributed by atoms with Crippen molar-refractivity contribution < 1.29 is 19.1 Å². The van der Waals surface area contributed by atoms with Gasteiger partial charge in [0.1, 0.15) is 0 Å². The Morgan fingerprint density at radius 3 is 2.55 bits per heavy atom. The van der Waals surface area contributed by atoms with Gasteiger partial charge in [0.05, 0.1) is 26.2 Å². The van der Waals surface area contributed by atoms with Gasteiger partial charge in [-0.2, -0.15) is 0 Å². The second-order valence-corrected chi connectivity index (χ2v) is 7.24. The van der Waals surface area contributed by atoms with Crippen molar-refractivity contribution in [3.63, 3.8) is 0 Å². The number of amides is 2. The number of aromatic nitrogens is 1. The minimum absolute atomic E-state index is 0.0172. The van der Waals surface area contributed by atoms with Crippen LogP contribution in [0.2, 0.25) is 0 Å². The maximum atomic E-state index is 13.4. The quantitative estimate of drug-likeness (QED) is 0.811. The number of methoxy groups -OCH3 is 2. The van der Waals surface area contributed by atoms with Gasteiger partial charge in [0.25, 0.3) is 5.91 Å². The lowest BCUT2D eigenvalue weighted by atomic mass is 9.79. The molecule has 0 aliphatic carbocycles. The Morgan fingerprint density at radius 1 is 1.28 bits per heavy atom. The maximum Gasteiger partial charge on any atom is 0.254 e. The first-order valence-electron chi connectivity index (χ1n) is 9.66. The van der Waals surface area contributed by atoms with Crippen molar-refractivity contribution in [2.45, 2.75) is 38.3 Å². The molecule has 7 nitrogen and oxygen atoms in total. The van der Waals surface area contributed by atoms with Crippen molar-refractivity contribution in [2.75, 3.05) is 21.3 Å². The van der Waals surface area contributed by atoms with Crippen molar-refractivity contribution >= 4 is 11.8 Å². The van der Waals surface area contributed by atoms with Gasteiger partial charge >= 0.3 is 0 Å². The van der Waals surface area contributed by atoms with E-state index in [1.165, 1.54) is 14.2 Å². The number of rotatable bonds is 6. The molecule has 2 amide bonds. The number of likely N-dealkylation sites (N-methyl/N-ethyl adjacent to an activating group) is 1. The Labute approximate surface area is 171 Å². The Morgan fingerprint density at radius 2 is 1.97 bits per heavy atom. The molecule has 2 aromatic rings. The van der Waals surface area contributed by atoms with Crippen LogP contribution in [-0.2, 0) is 4.79 Å². The summed E-state index contributed by atoms with van der Waals surface area (Å²) in [4.78, 5) is 32.4. The third-order valence-electron chi connectivity index (χ3n) is 5.48. The van der Waals surface area contributed by atoms with Gasteiger partial charge in [-0.15, -0.1) is 0 Å². The van der Waals surface area contributed by atoms with Crippen LogP contribution in [0.4, 0.5) is 0 Å². The highest BCUT2D eigenvalue weighted by molar-refractivity contribution is 6.02. The molecule has 7 heteroatoms. The van der Waals surface area contributed by atoms with Crippen LogP contribution in [-0.4, -0.2) is 49.0 Å². The molecule has 29 heavy (non-hydrogen) atoms. The molecule has 1 aromatic heterocycles. The van der Waals surface area contributed by atoms with Crippen LogP contribution in [0.1, 0.15) is 53.7 Å². The van der Waals surface area contributed by atoms with Crippen molar-refractivity contribution in [3.8, 4) is 11.5 Å². The summed E-state index contributed by atoms with van der Waals surface area (Å²) in [7, 11) is 4.77. The molecule has 3 rings (SSSR count). The summed E-state index contributed by atoms with van der Waals surface area (Å²) in [6, 6.07) is 6.62. The Balaban J connectivity index is 2.21. The fourth-order valence-electron chi connectivity index (χ4n) is 3.73. The standard InChI is InChI=1S/C22H27N3O4/c1-6-13(2)24-21(26)19-15-10-17(28-4)18(29-5)11-16(15)22(27)25(3)20(19)14-8-7-9-23-12-14/h7-13,19-20H,6H2,1-5H3,(H,24,26). The first kappa shape index (κ1) is 20.6. The third kappa shape index (κ3) is 3.77. The molecule has 3 unspecified atom stereocenters. The fraction of sp³-hybridized carbons (Fsp3) is 0.409. The summed E-state index contributed by atoms with van der Waals surface area (Å²) in [5, 5.41) is 3.07. The van der Waals surface area contributed by atoms with Crippen LogP contribution >= 0.6 is 0 Å². The third-order valence-corrected chi connectivity index (χ3v) is 5.48. The normalized spacial score (nSPS) is 19.3. The van der Waals surface area contributed by atoms with Gasteiger partial charge in [0.2, 0.25) is 5.91 Å². The smallest absolute Gasteiger partial charge is 0.254 e. The van der Waals surface area contributed by atoms with Gasteiger partial charge < -0.3 is 19.7 Å². The van der Waals surface area contributed by atoms with Crippen LogP contribution in [0.25, 0.3) is 0 Å². The van der Waals surface area contributed by atoms with E-state index in [1.807, 2.05) is 19.9 Å². The average molecular weight is 397 g/mol. The average Bonchev–Trinajstić information content (AvgIpc) is 2.75. The molecule has 0 radical (unpaired) electrons. The molecule has 1 N–H and O–H groups in total. The first-order chi connectivity index (χ1) is 13.9. The van der Waals surface area contributed by atoms with E-state index >= 15 is 0 Å². The van der Waals surface area contributed by atoms with Gasteiger partial charge in [0.15, 0.2) is 11.5 Å². The van der Waals surface area contributed by atoms with Gasteiger partial charge in [0, 0.05) is 31.0 Å². The molecule has 3 atom stereocenters. The molecular weight excluding hydrogens is 370 g/mol. The van der Waals surface area contributed by atoms with E-state index in [4.69, 9.17) is 9.47 Å². The van der Waals surface area contributed by atoms with Crippen LogP contribution in [0.3, 0.4) is 0 Å². The van der Waals surface area contributed by atoms with Crippen molar-refractivity contribution in [1.82, 2.24) is 15.2 Å². The van der Waals surface area contributed by atoms with E-state index in [2.05, 4.69) is 10.3 Å². The predicted octanol–water partition coefficient (Wildman–Crippen LogP) is 2.92. The van der Waals surface area contributed by atoms with Crippen molar-refractivity contribution in [2.24, 2.45) is 0 Å². The highest BCUT2D eigenvalue weighted by atomic mass is 16.5. The molecule has 0 saturated carbocycles. The molecule has 0 fully saturated rings. The number of nitrogens with one attached hydrogen (secondary N) is 1. The van der Waals surface area contributed by atoms with E-state index in [1.54, 1.807) is 42.5 Å². The first-order valence-corrected chi connectivity index (χ1v) is 9.66. The topological polar surface area (TPSA) is 80.8 Å². The van der Waals surface area contributed by atoms with E-state index in [-0.39, 0.29) is 17.9 Å². The summed E-state index contributed by atoms with van der Waals surface area (Å²) < 4.78 is 10.8. The zero-order chi connectivity index (χ0) is 21.1. The van der Waals surface area contributed by atoms with Crippen LogP contribution in [0.5, 0.6) is 11.5 Å². The summed E-state index contributed by atoms with van der Waals surface area (Å²) in [5.74, 6) is 0.0120. The predicted molar refractivity (Wildman–Crippen MR) is 109 cm³/mol. The van der Waals surface area contributed by atoms with Crippen molar-refractivity contribution in [1.29, 1.82) is 0 Å². The van der Waals surface area contributed by atoms with Gasteiger partial charge in [-0.25, -0.2) is 0 Å². The fourth-order valence-corrected chi connectivity index (χ4v) is 3.73.